The molecule has 4 aromatic rings. The highest BCUT2D eigenvalue weighted by atomic mass is 19.1. The fourth-order valence-corrected chi connectivity index (χ4v) is 2.97. The lowest BCUT2D eigenvalue weighted by atomic mass is 10.1. The molecule has 3 aromatic heterocycles. The van der Waals surface area contributed by atoms with Crippen LogP contribution in [0.5, 0.6) is 0 Å². The Morgan fingerprint density at radius 3 is 2.64 bits per heavy atom. The number of aromatic nitrogens is 4. The summed E-state index contributed by atoms with van der Waals surface area (Å²) in [6, 6.07) is 12.6. The molecule has 0 saturated heterocycles. The molecule has 0 aliphatic carbocycles. The van der Waals surface area contributed by atoms with Crippen LogP contribution < -0.4 is 10.9 Å². The molecule has 7 nitrogen and oxygen atoms in total. The Morgan fingerprint density at radius 2 is 1.86 bits per heavy atom. The number of fused-ring (bicyclic) bond motifs is 1. The van der Waals surface area contributed by atoms with Crippen LogP contribution in [-0.4, -0.2) is 25.1 Å². The molecule has 1 aromatic carbocycles. The van der Waals surface area contributed by atoms with E-state index in [9.17, 15) is 14.0 Å². The zero-order valence-electron chi connectivity index (χ0n) is 15.0. The number of carbonyl (C=O) groups excluding carboxylic acids is 1. The molecule has 0 saturated carbocycles. The summed E-state index contributed by atoms with van der Waals surface area (Å²) in [5.74, 6) is -0.356. The Bertz CT molecular complexity index is 1230. The molecule has 0 aliphatic heterocycles. The topological polar surface area (TPSA) is 81.3 Å². The van der Waals surface area contributed by atoms with Gasteiger partial charge < -0.3 is 5.32 Å². The SMILES string of the molecule is Cc1ccn(-c2ccc(F)cc2)c(=O)c1C(=O)NCc1nnc2ccccn12. The molecule has 1 amide bonds. The zero-order chi connectivity index (χ0) is 19.7. The van der Waals surface area contributed by atoms with Crippen LogP contribution in [0.15, 0.2) is 65.7 Å². The highest BCUT2D eigenvalue weighted by Crippen LogP contribution is 2.10. The monoisotopic (exact) mass is 377 g/mol. The molecular formula is C20H16FN5O2. The van der Waals surface area contributed by atoms with Crippen LogP contribution in [0.1, 0.15) is 21.7 Å². The van der Waals surface area contributed by atoms with Crippen LogP contribution in [-0.2, 0) is 6.54 Å². The van der Waals surface area contributed by atoms with E-state index in [1.165, 1.54) is 28.8 Å². The number of hydrogen-bond donors (Lipinski definition) is 1. The number of nitrogens with one attached hydrogen (secondary N) is 1. The van der Waals surface area contributed by atoms with Crippen molar-refractivity contribution in [2.24, 2.45) is 0 Å². The molecule has 0 aliphatic rings. The fraction of sp³-hybridized carbons (Fsp3) is 0.100. The van der Waals surface area contributed by atoms with Crippen molar-refractivity contribution in [2.45, 2.75) is 13.5 Å². The summed E-state index contributed by atoms with van der Waals surface area (Å²) in [4.78, 5) is 25.6. The van der Waals surface area contributed by atoms with Gasteiger partial charge in [0.05, 0.1) is 6.54 Å². The summed E-state index contributed by atoms with van der Waals surface area (Å²) in [7, 11) is 0. The third-order valence-corrected chi connectivity index (χ3v) is 4.42. The van der Waals surface area contributed by atoms with Gasteiger partial charge in [0.2, 0.25) is 0 Å². The molecule has 0 radical (unpaired) electrons. The van der Waals surface area contributed by atoms with E-state index in [4.69, 9.17) is 0 Å². The molecule has 1 N–H and O–H groups in total. The smallest absolute Gasteiger partial charge is 0.268 e. The average molecular weight is 377 g/mol. The first-order valence-corrected chi connectivity index (χ1v) is 8.59. The molecule has 3 heterocycles. The Hall–Kier alpha value is -3.81. The molecule has 0 bridgehead atoms. The number of hydrogen-bond acceptors (Lipinski definition) is 4. The second-order valence-corrected chi connectivity index (χ2v) is 6.25. The lowest BCUT2D eigenvalue weighted by Crippen LogP contribution is -2.33. The van der Waals surface area contributed by atoms with Gasteiger partial charge in [-0.1, -0.05) is 6.07 Å². The first kappa shape index (κ1) is 17.6. The molecule has 140 valence electrons. The Morgan fingerprint density at radius 1 is 1.07 bits per heavy atom. The summed E-state index contributed by atoms with van der Waals surface area (Å²) >= 11 is 0. The highest BCUT2D eigenvalue weighted by molar-refractivity contribution is 5.95. The Balaban J connectivity index is 1.63. The fourth-order valence-electron chi connectivity index (χ4n) is 2.97. The van der Waals surface area contributed by atoms with Gasteiger partial charge >= 0.3 is 0 Å². The van der Waals surface area contributed by atoms with Crippen LogP contribution >= 0.6 is 0 Å². The van der Waals surface area contributed by atoms with E-state index in [0.717, 1.165) is 0 Å². The minimum Gasteiger partial charge on any atom is -0.345 e. The molecule has 0 spiro atoms. The van der Waals surface area contributed by atoms with Gasteiger partial charge in [-0.05, 0) is 55.0 Å². The van der Waals surface area contributed by atoms with Crippen LogP contribution in [0, 0.1) is 12.7 Å². The van der Waals surface area contributed by atoms with Gasteiger partial charge in [0.15, 0.2) is 11.5 Å². The number of benzene rings is 1. The van der Waals surface area contributed by atoms with Gasteiger partial charge in [-0.25, -0.2) is 4.39 Å². The standard InChI is InChI=1S/C20H16FN5O2/c1-13-9-11-25(15-7-5-14(21)6-8-15)20(28)18(13)19(27)22-12-17-24-23-16-4-2-3-10-26(16)17/h2-11H,12H2,1H3,(H,22,27). The van der Waals surface area contributed by atoms with Crippen molar-refractivity contribution < 1.29 is 9.18 Å². The summed E-state index contributed by atoms with van der Waals surface area (Å²) in [6.45, 7) is 1.81. The molecule has 0 fully saturated rings. The van der Waals surface area contributed by atoms with Crippen molar-refractivity contribution in [3.63, 3.8) is 0 Å². The van der Waals surface area contributed by atoms with E-state index in [1.54, 1.807) is 35.9 Å². The third-order valence-electron chi connectivity index (χ3n) is 4.42. The summed E-state index contributed by atoms with van der Waals surface area (Å²) in [5.41, 5.74) is 1.24. The zero-order valence-corrected chi connectivity index (χ0v) is 15.0. The number of amides is 1. The van der Waals surface area contributed by atoms with Gasteiger partial charge in [0.25, 0.3) is 11.5 Å². The van der Waals surface area contributed by atoms with Crippen molar-refractivity contribution in [2.75, 3.05) is 0 Å². The van der Waals surface area contributed by atoms with Gasteiger partial charge in [0.1, 0.15) is 11.4 Å². The first-order chi connectivity index (χ1) is 13.5. The molecule has 28 heavy (non-hydrogen) atoms. The van der Waals surface area contributed by atoms with E-state index in [-0.39, 0.29) is 12.1 Å². The second-order valence-electron chi connectivity index (χ2n) is 6.25. The first-order valence-electron chi connectivity index (χ1n) is 8.59. The Kier molecular flexibility index (Phi) is 4.44. The van der Waals surface area contributed by atoms with Gasteiger partial charge in [0, 0.05) is 18.1 Å². The number of carbonyl (C=O) groups is 1. The van der Waals surface area contributed by atoms with E-state index in [2.05, 4.69) is 15.5 Å². The van der Waals surface area contributed by atoms with Crippen molar-refractivity contribution in [1.29, 1.82) is 0 Å². The summed E-state index contributed by atoms with van der Waals surface area (Å²) in [5, 5.41) is 10.8. The van der Waals surface area contributed by atoms with Crippen LogP contribution in [0.4, 0.5) is 4.39 Å². The van der Waals surface area contributed by atoms with Crippen LogP contribution in [0.3, 0.4) is 0 Å². The van der Waals surface area contributed by atoms with E-state index in [1.807, 2.05) is 12.1 Å². The number of halogens is 1. The van der Waals surface area contributed by atoms with Crippen molar-refractivity contribution in [1.82, 2.24) is 24.5 Å². The minimum absolute atomic E-state index is 0.0284. The number of pyridine rings is 2. The second kappa shape index (κ2) is 7.07. The van der Waals surface area contributed by atoms with Gasteiger partial charge in [-0.15, -0.1) is 10.2 Å². The number of rotatable bonds is 4. The molecule has 4 rings (SSSR count). The highest BCUT2D eigenvalue weighted by Gasteiger charge is 2.17. The maximum absolute atomic E-state index is 13.2. The minimum atomic E-state index is -0.508. The van der Waals surface area contributed by atoms with Gasteiger partial charge in [-0.3, -0.25) is 18.6 Å². The molecule has 0 atom stereocenters. The van der Waals surface area contributed by atoms with E-state index in [0.29, 0.717) is 22.7 Å². The van der Waals surface area contributed by atoms with Crippen molar-refractivity contribution >= 4 is 11.6 Å². The Labute approximate surface area is 159 Å². The lowest BCUT2D eigenvalue weighted by Gasteiger charge is -2.11. The predicted octanol–water partition coefficient (Wildman–Crippen LogP) is 2.26. The lowest BCUT2D eigenvalue weighted by molar-refractivity contribution is 0.0947. The number of aryl methyl sites for hydroxylation is 1. The maximum atomic E-state index is 13.2. The molecule has 0 unspecified atom stereocenters. The average Bonchev–Trinajstić information content (AvgIpc) is 3.11. The van der Waals surface area contributed by atoms with Crippen molar-refractivity contribution in [3.8, 4) is 5.69 Å². The maximum Gasteiger partial charge on any atom is 0.268 e. The third kappa shape index (κ3) is 3.16. The van der Waals surface area contributed by atoms with Crippen LogP contribution in [0.25, 0.3) is 11.3 Å². The molecule has 8 heteroatoms. The predicted molar refractivity (Wildman–Crippen MR) is 101 cm³/mol. The quantitative estimate of drug-likeness (QED) is 0.592. The van der Waals surface area contributed by atoms with E-state index >= 15 is 0 Å². The van der Waals surface area contributed by atoms with Crippen molar-refractivity contribution in [3.05, 3.63) is 94.0 Å². The van der Waals surface area contributed by atoms with Gasteiger partial charge in [-0.2, -0.15) is 0 Å². The number of nitrogens with zero attached hydrogens (tertiary/aromatic N) is 4. The largest absolute Gasteiger partial charge is 0.345 e. The summed E-state index contributed by atoms with van der Waals surface area (Å²) < 4.78 is 16.2. The summed E-state index contributed by atoms with van der Waals surface area (Å²) in [6.07, 6.45) is 3.36. The molecular weight excluding hydrogens is 361 g/mol. The van der Waals surface area contributed by atoms with Crippen LogP contribution in [0.2, 0.25) is 0 Å². The van der Waals surface area contributed by atoms with E-state index < -0.39 is 17.3 Å². The normalized spacial score (nSPS) is 10.9.